The Morgan fingerprint density at radius 1 is 1.41 bits per heavy atom. The lowest BCUT2D eigenvalue weighted by Gasteiger charge is -2.53. The topological polar surface area (TPSA) is 199 Å². The van der Waals surface area contributed by atoms with Gasteiger partial charge in [0, 0.05) is 23.4 Å². The van der Waals surface area contributed by atoms with Crippen molar-refractivity contribution >= 4 is 80.8 Å². The number of anilines is 1. The Kier molecular flexibility index (Phi) is 8.50. The number of amides is 2. The maximum atomic E-state index is 13.0. The fraction of sp³-hybridized carbons (Fsp3) is 0.474. The summed E-state index contributed by atoms with van der Waals surface area (Å²) >= 11 is 4.94. The average Bonchev–Trinajstić information content (AvgIpc) is 3.55. The zero-order chi connectivity index (χ0) is 26.6. The number of carbonyl (C=O) groups excluding carboxylic acids is 3. The van der Waals surface area contributed by atoms with Crippen molar-refractivity contribution in [2.75, 3.05) is 37.0 Å². The Morgan fingerprint density at radius 2 is 2.22 bits per heavy atom. The van der Waals surface area contributed by atoms with Gasteiger partial charge in [0.1, 0.15) is 28.0 Å². The van der Waals surface area contributed by atoms with Gasteiger partial charge >= 0.3 is 11.9 Å². The molecule has 2 aliphatic rings. The highest BCUT2D eigenvalue weighted by molar-refractivity contribution is 8.01. The highest BCUT2D eigenvalue weighted by atomic mass is 32.2. The van der Waals surface area contributed by atoms with Crippen LogP contribution in [0.15, 0.2) is 20.4 Å². The van der Waals surface area contributed by atoms with Gasteiger partial charge in [0.2, 0.25) is 12.5 Å². The van der Waals surface area contributed by atoms with Gasteiger partial charge in [-0.25, -0.2) is 9.78 Å². The minimum Gasteiger partial charge on any atom is -0.481 e. The van der Waals surface area contributed by atoms with Crippen LogP contribution < -0.4 is 11.1 Å². The van der Waals surface area contributed by atoms with Gasteiger partial charge in [-0.2, -0.15) is 0 Å². The number of nitrogens with one attached hydrogen (secondary N) is 1. The summed E-state index contributed by atoms with van der Waals surface area (Å²) in [6, 6.07) is -0.897. The van der Waals surface area contributed by atoms with Gasteiger partial charge in [0.05, 0.1) is 6.61 Å². The van der Waals surface area contributed by atoms with E-state index in [4.69, 9.17) is 15.3 Å². The van der Waals surface area contributed by atoms with E-state index in [1.54, 1.807) is 12.4 Å². The van der Waals surface area contributed by atoms with E-state index in [-0.39, 0.29) is 41.2 Å². The lowest BCUT2D eigenvalue weighted by atomic mass is 9.89. The quantitative estimate of drug-likeness (QED) is 0.105. The van der Waals surface area contributed by atoms with Crippen molar-refractivity contribution in [2.24, 2.45) is 10.6 Å². The number of fused-ring (bicyclic) bond motifs is 1. The minimum absolute atomic E-state index is 0.00320. The zero-order valence-corrected chi connectivity index (χ0v) is 22.5. The van der Waals surface area contributed by atoms with Crippen LogP contribution >= 0.6 is 46.2 Å². The summed E-state index contributed by atoms with van der Waals surface area (Å²) in [5.41, 5.74) is 5.91. The fourth-order valence-corrected chi connectivity index (χ4v) is 7.39. The molecule has 2 aromatic heterocycles. The molecule has 4 heterocycles. The molecule has 37 heavy (non-hydrogen) atoms. The lowest BCUT2D eigenvalue weighted by Crippen LogP contribution is -2.74. The number of aromatic nitrogens is 3. The first-order valence-electron chi connectivity index (χ1n) is 10.7. The van der Waals surface area contributed by atoms with Crippen LogP contribution in [0.4, 0.5) is 5.13 Å². The van der Waals surface area contributed by atoms with Crippen LogP contribution in [0.2, 0.25) is 0 Å². The maximum Gasteiger partial charge on any atom is 0.347 e. The molecule has 0 spiro atoms. The number of carboxylic acids is 1. The third kappa shape index (κ3) is 5.97. The van der Waals surface area contributed by atoms with E-state index >= 15 is 0 Å². The molecule has 2 amide bonds. The monoisotopic (exact) mass is 587 g/mol. The highest BCUT2D eigenvalue weighted by Crippen LogP contribution is 2.44. The predicted octanol–water partition coefficient (Wildman–Crippen LogP) is 0.124. The van der Waals surface area contributed by atoms with E-state index in [1.165, 1.54) is 45.1 Å². The first-order chi connectivity index (χ1) is 17.7. The van der Waals surface area contributed by atoms with E-state index in [1.807, 2.05) is 0 Å². The van der Waals surface area contributed by atoms with Crippen molar-refractivity contribution in [3.63, 3.8) is 0 Å². The average molecular weight is 588 g/mol. The fourth-order valence-electron chi connectivity index (χ4n) is 3.49. The standard InChI is InChI=1S/C19H21N7O7S4/c1-2-32-10(27)3-33-25-11(9-4-34-17(20)22-9)13(28)23-12-14(29)26-5-19(16(30)31,6-35-15(12)26)7-36-18-24-21-8-37-18/h4,8,12,15H,2-3,5-7H2,1H3,(H2,20,22)(H,23,28)(H,30,31)/t12?,15-,19?/m1/s1. The highest BCUT2D eigenvalue weighted by Gasteiger charge is 2.57. The molecular weight excluding hydrogens is 567 g/mol. The van der Waals surface area contributed by atoms with Crippen molar-refractivity contribution in [1.82, 2.24) is 25.4 Å². The Hall–Kier alpha value is -2.96. The molecule has 0 radical (unpaired) electrons. The molecule has 18 heteroatoms. The van der Waals surface area contributed by atoms with Crippen molar-refractivity contribution < 1.29 is 33.9 Å². The molecule has 0 aromatic carbocycles. The van der Waals surface area contributed by atoms with Crippen molar-refractivity contribution in [3.05, 3.63) is 16.6 Å². The summed E-state index contributed by atoms with van der Waals surface area (Å²) in [7, 11) is 0. The molecule has 2 aliphatic heterocycles. The van der Waals surface area contributed by atoms with E-state index in [0.29, 0.717) is 4.34 Å². The molecule has 198 valence electrons. The summed E-state index contributed by atoms with van der Waals surface area (Å²) < 4.78 is 5.41. The minimum atomic E-state index is -1.17. The van der Waals surface area contributed by atoms with Gasteiger partial charge < -0.3 is 30.6 Å². The smallest absolute Gasteiger partial charge is 0.347 e. The third-order valence-corrected chi connectivity index (χ3v) is 9.73. The number of nitrogen functional groups attached to an aromatic ring is 1. The van der Waals surface area contributed by atoms with Crippen molar-refractivity contribution in [3.8, 4) is 0 Å². The summed E-state index contributed by atoms with van der Waals surface area (Å²) in [4.78, 5) is 60.1. The molecule has 2 aromatic rings. The molecule has 4 N–H and O–H groups in total. The number of ether oxygens (including phenoxy) is 1. The van der Waals surface area contributed by atoms with Gasteiger partial charge in [-0.1, -0.05) is 28.3 Å². The molecular formula is C19H21N7O7S4. The van der Waals surface area contributed by atoms with E-state index in [0.717, 1.165) is 11.3 Å². The summed E-state index contributed by atoms with van der Waals surface area (Å²) in [6.45, 7) is 1.28. The second kappa shape index (κ2) is 11.6. The molecule has 4 rings (SSSR count). The summed E-state index contributed by atoms with van der Waals surface area (Å²) in [5, 5.41) is 25.2. The van der Waals surface area contributed by atoms with Gasteiger partial charge in [0.15, 0.2) is 15.2 Å². The summed E-state index contributed by atoms with van der Waals surface area (Å²) in [5.74, 6) is -2.39. The second-order valence-corrected chi connectivity index (χ2v) is 11.8. The number of hydrogen-bond acceptors (Lipinski definition) is 15. The van der Waals surface area contributed by atoms with Crippen LogP contribution in [0.1, 0.15) is 12.6 Å². The number of hydrogen-bond donors (Lipinski definition) is 3. The van der Waals surface area contributed by atoms with Crippen LogP contribution in [0.3, 0.4) is 0 Å². The number of β-lactam (4-membered cyclic amide) rings is 1. The van der Waals surface area contributed by atoms with E-state index < -0.39 is 47.2 Å². The number of rotatable bonds is 11. The van der Waals surface area contributed by atoms with Gasteiger partial charge in [-0.05, 0) is 6.92 Å². The molecule has 2 fully saturated rings. The lowest BCUT2D eigenvalue weighted by molar-refractivity contribution is -0.157. The SMILES string of the molecule is CCOC(=O)CON=C(C(=O)NC1C(=O)N2CC(CSc3nncs3)(C(=O)O)CS[C@H]12)c1csc(N)n1. The summed E-state index contributed by atoms with van der Waals surface area (Å²) in [6.07, 6.45) is 0. The number of esters is 1. The molecule has 2 unspecified atom stereocenters. The van der Waals surface area contributed by atoms with Crippen LogP contribution in [-0.4, -0.2) is 97.3 Å². The van der Waals surface area contributed by atoms with Crippen LogP contribution in [0.25, 0.3) is 0 Å². The Balaban J connectivity index is 1.42. The normalized spacial score (nSPS) is 23.1. The van der Waals surface area contributed by atoms with Crippen molar-refractivity contribution in [2.45, 2.75) is 22.7 Å². The van der Waals surface area contributed by atoms with Crippen LogP contribution in [-0.2, 0) is 28.8 Å². The third-order valence-electron chi connectivity index (χ3n) is 5.32. The van der Waals surface area contributed by atoms with Crippen LogP contribution in [0, 0.1) is 5.41 Å². The molecule has 2 saturated heterocycles. The Bertz CT molecular complexity index is 1210. The number of nitrogens with two attached hydrogens (primary N) is 1. The van der Waals surface area contributed by atoms with E-state index in [9.17, 15) is 24.3 Å². The zero-order valence-electron chi connectivity index (χ0n) is 19.2. The van der Waals surface area contributed by atoms with Gasteiger partial charge in [-0.3, -0.25) is 14.4 Å². The molecule has 0 saturated carbocycles. The second-order valence-electron chi connectivity index (χ2n) is 7.79. The maximum absolute atomic E-state index is 13.0. The van der Waals surface area contributed by atoms with Crippen LogP contribution in [0.5, 0.6) is 0 Å². The Labute approximate surface area is 226 Å². The molecule has 0 bridgehead atoms. The number of nitrogens with zero attached hydrogens (tertiary/aromatic N) is 5. The number of carbonyl (C=O) groups is 4. The number of thiazole rings is 1. The predicted molar refractivity (Wildman–Crippen MR) is 136 cm³/mol. The molecule has 0 aliphatic carbocycles. The number of carboxylic acid groups (broad SMARTS) is 1. The first-order valence-corrected chi connectivity index (χ1v) is 14.5. The molecule has 3 atom stereocenters. The number of aliphatic carboxylic acids is 1. The Morgan fingerprint density at radius 3 is 2.86 bits per heavy atom. The van der Waals surface area contributed by atoms with E-state index in [2.05, 4.69) is 25.7 Å². The van der Waals surface area contributed by atoms with Crippen molar-refractivity contribution in [1.29, 1.82) is 0 Å². The van der Waals surface area contributed by atoms with Gasteiger partial charge in [-0.15, -0.1) is 33.3 Å². The number of oxime groups is 1. The molecule has 14 nitrogen and oxygen atoms in total. The number of thioether (sulfide) groups is 2. The first kappa shape index (κ1) is 27.1. The largest absolute Gasteiger partial charge is 0.481 e. The van der Waals surface area contributed by atoms with Gasteiger partial charge in [0.25, 0.3) is 5.91 Å².